The van der Waals surface area contributed by atoms with Crippen LogP contribution < -0.4 is 30.9 Å². The Morgan fingerprint density at radius 1 is 1.10 bits per heavy atom. The molecule has 2 saturated heterocycles. The molecule has 3 N–H and O–H groups in total. The summed E-state index contributed by atoms with van der Waals surface area (Å²) in [5, 5.41) is 11.2. The minimum absolute atomic E-state index is 0.370. The summed E-state index contributed by atoms with van der Waals surface area (Å²) in [6.45, 7) is 12.2. The third-order valence-corrected chi connectivity index (χ3v) is 9.81. The highest BCUT2D eigenvalue weighted by Gasteiger charge is 2.26. The Kier molecular flexibility index (Phi) is 9.39. The van der Waals surface area contributed by atoms with E-state index < -0.39 is 7.14 Å². The number of piperazine rings is 1. The number of halogens is 1. The van der Waals surface area contributed by atoms with Gasteiger partial charge in [-0.25, -0.2) is 4.98 Å². The lowest BCUT2D eigenvalue weighted by molar-refractivity contribution is 0.150. The Morgan fingerprint density at radius 2 is 1.83 bits per heavy atom. The normalized spacial score (nSPS) is 17.0. The van der Waals surface area contributed by atoms with Crippen molar-refractivity contribution in [3.05, 3.63) is 53.2 Å². The molecule has 0 unspecified atom stereocenters. The quantitative estimate of drug-likeness (QED) is 0.284. The molecule has 0 spiro atoms. The molecule has 2 aromatic carbocycles. The molecule has 2 aliphatic rings. The van der Waals surface area contributed by atoms with Gasteiger partial charge in [-0.2, -0.15) is 4.98 Å². The van der Waals surface area contributed by atoms with Gasteiger partial charge in [-0.3, -0.25) is 4.90 Å². The number of aromatic nitrogens is 2. The van der Waals surface area contributed by atoms with Crippen molar-refractivity contribution in [2.45, 2.75) is 32.2 Å². The van der Waals surface area contributed by atoms with Crippen LogP contribution in [-0.4, -0.2) is 80.6 Å². The zero-order valence-electron chi connectivity index (χ0n) is 24.4. The monoisotopic (exact) mass is 597 g/mol. The van der Waals surface area contributed by atoms with Crippen LogP contribution in [0, 0.1) is 0 Å². The van der Waals surface area contributed by atoms with E-state index in [1.165, 1.54) is 18.5 Å². The predicted octanol–water partition coefficient (Wildman–Crippen LogP) is 5.31. The molecule has 3 heterocycles. The van der Waals surface area contributed by atoms with Crippen molar-refractivity contribution >= 4 is 52.9 Å². The predicted molar refractivity (Wildman–Crippen MR) is 171 cm³/mol. The summed E-state index contributed by atoms with van der Waals surface area (Å²) in [5.41, 5.74) is 3.86. The number of nitrogens with zero attached hydrogens (tertiary/aromatic N) is 4. The Morgan fingerprint density at radius 3 is 2.51 bits per heavy atom. The smallest absolute Gasteiger partial charge is 0.229 e. The second kappa shape index (κ2) is 13.0. The Hall–Kier alpha value is -2.84. The van der Waals surface area contributed by atoms with Crippen molar-refractivity contribution in [2.24, 2.45) is 0 Å². The van der Waals surface area contributed by atoms with Crippen LogP contribution in [0.3, 0.4) is 0 Å². The fraction of sp³-hybridized carbons (Fsp3) is 0.467. The second-order valence-corrected chi connectivity index (χ2v) is 14.6. The standard InChI is InChI=1S/C30H41ClN7O2P/c1-5-21-18-23(37-14-10-22(11-15-37)38-16-12-32-13-17-38)19-26(40-2)28(21)35-30-33-20-24(31)29(36-30)34-25-8-6-7-9-27(25)41(3,4)39/h6-9,18-20,22,32H,5,10-17H2,1-4H3,(H2,33,34,35,36). The van der Waals surface area contributed by atoms with Crippen molar-refractivity contribution in [1.29, 1.82) is 0 Å². The maximum atomic E-state index is 12.9. The van der Waals surface area contributed by atoms with E-state index in [0.29, 0.717) is 28.5 Å². The van der Waals surface area contributed by atoms with Crippen LogP contribution in [0.25, 0.3) is 0 Å². The first-order valence-electron chi connectivity index (χ1n) is 14.4. The molecule has 3 aromatic rings. The molecule has 0 saturated carbocycles. The summed E-state index contributed by atoms with van der Waals surface area (Å²) >= 11 is 6.48. The van der Waals surface area contributed by atoms with Crippen molar-refractivity contribution in [2.75, 3.05) is 75.2 Å². The first-order valence-corrected chi connectivity index (χ1v) is 17.4. The number of nitrogens with one attached hydrogen (secondary N) is 3. The lowest BCUT2D eigenvalue weighted by atomic mass is 10.0. The molecule has 2 fully saturated rings. The SMILES string of the molecule is CCc1cc(N2CCC(N3CCNCC3)CC2)cc(OC)c1Nc1ncc(Cl)c(Nc2ccccc2P(C)(C)=O)n1. The summed E-state index contributed by atoms with van der Waals surface area (Å²) in [6, 6.07) is 12.5. The zero-order valence-corrected chi connectivity index (χ0v) is 26.1. The van der Waals surface area contributed by atoms with E-state index in [1.54, 1.807) is 26.6 Å². The fourth-order valence-corrected chi connectivity index (χ4v) is 7.06. The van der Waals surface area contributed by atoms with Gasteiger partial charge in [-0.1, -0.05) is 30.7 Å². The van der Waals surface area contributed by atoms with Crippen molar-refractivity contribution in [3.8, 4) is 5.75 Å². The first-order chi connectivity index (χ1) is 19.8. The molecule has 0 aliphatic carbocycles. The molecular weight excluding hydrogens is 557 g/mol. The highest BCUT2D eigenvalue weighted by atomic mass is 35.5. The number of rotatable bonds is 9. The third kappa shape index (κ3) is 6.97. The van der Waals surface area contributed by atoms with E-state index in [0.717, 1.165) is 68.0 Å². The van der Waals surface area contributed by atoms with E-state index in [9.17, 15) is 4.57 Å². The molecule has 5 rings (SSSR count). The van der Waals surface area contributed by atoms with Crippen LogP contribution in [0.5, 0.6) is 5.75 Å². The van der Waals surface area contributed by atoms with Gasteiger partial charge >= 0.3 is 0 Å². The van der Waals surface area contributed by atoms with Gasteiger partial charge in [0.25, 0.3) is 0 Å². The van der Waals surface area contributed by atoms with E-state index >= 15 is 0 Å². The molecule has 0 atom stereocenters. The average Bonchev–Trinajstić information content (AvgIpc) is 2.99. The number of anilines is 5. The minimum atomic E-state index is -2.51. The van der Waals surface area contributed by atoms with Crippen LogP contribution in [0.4, 0.5) is 28.8 Å². The molecule has 9 nitrogen and oxygen atoms in total. The molecule has 0 radical (unpaired) electrons. The number of hydrogen-bond acceptors (Lipinski definition) is 9. The van der Waals surface area contributed by atoms with Gasteiger partial charge in [0.2, 0.25) is 5.95 Å². The maximum absolute atomic E-state index is 12.9. The summed E-state index contributed by atoms with van der Waals surface area (Å²) in [6.07, 6.45) is 4.73. The van der Waals surface area contributed by atoms with Gasteiger partial charge in [-0.05, 0) is 56.4 Å². The van der Waals surface area contributed by atoms with Crippen LogP contribution in [-0.2, 0) is 11.0 Å². The van der Waals surface area contributed by atoms with Gasteiger partial charge < -0.3 is 30.2 Å². The molecule has 0 bridgehead atoms. The van der Waals surface area contributed by atoms with Crippen LogP contribution in [0.1, 0.15) is 25.3 Å². The summed E-state index contributed by atoms with van der Waals surface area (Å²) in [4.78, 5) is 14.2. The van der Waals surface area contributed by atoms with E-state index in [-0.39, 0.29) is 0 Å². The molecule has 41 heavy (non-hydrogen) atoms. The fourth-order valence-electron chi connectivity index (χ4n) is 5.76. The first kappa shape index (κ1) is 29.6. The second-order valence-electron chi connectivity index (χ2n) is 11.0. The Labute approximate surface area is 248 Å². The Balaban J connectivity index is 1.35. The number of benzene rings is 2. The van der Waals surface area contributed by atoms with E-state index in [4.69, 9.17) is 16.3 Å². The zero-order chi connectivity index (χ0) is 29.0. The van der Waals surface area contributed by atoms with Crippen molar-refractivity contribution in [3.63, 3.8) is 0 Å². The highest BCUT2D eigenvalue weighted by molar-refractivity contribution is 7.70. The average molecular weight is 598 g/mol. The molecule has 220 valence electrons. The van der Waals surface area contributed by atoms with Crippen LogP contribution >= 0.6 is 18.7 Å². The lowest BCUT2D eigenvalue weighted by Crippen LogP contribution is -2.52. The third-order valence-electron chi connectivity index (χ3n) is 7.99. The molecule has 11 heteroatoms. The molecular formula is C30H41ClN7O2P. The van der Waals surface area contributed by atoms with Crippen LogP contribution in [0.15, 0.2) is 42.6 Å². The Bertz CT molecular complexity index is 1380. The highest BCUT2D eigenvalue weighted by Crippen LogP contribution is 2.40. The van der Waals surface area contributed by atoms with E-state index in [2.05, 4.69) is 54.8 Å². The van der Waals surface area contributed by atoms with Gasteiger partial charge in [-0.15, -0.1) is 0 Å². The topological polar surface area (TPSA) is 94.6 Å². The summed E-state index contributed by atoms with van der Waals surface area (Å²) in [5.74, 6) is 1.58. The largest absolute Gasteiger partial charge is 0.494 e. The van der Waals surface area contributed by atoms with Crippen LogP contribution in [0.2, 0.25) is 5.02 Å². The van der Waals surface area contributed by atoms with Gasteiger partial charge in [0.1, 0.15) is 17.9 Å². The minimum Gasteiger partial charge on any atom is -0.494 e. The van der Waals surface area contributed by atoms with Crippen molar-refractivity contribution < 1.29 is 9.30 Å². The molecule has 2 aliphatic heterocycles. The molecule has 1 aromatic heterocycles. The number of hydrogen-bond donors (Lipinski definition) is 3. The number of piperidine rings is 1. The number of ether oxygens (including phenoxy) is 1. The lowest BCUT2D eigenvalue weighted by Gasteiger charge is -2.41. The number of para-hydroxylation sites is 1. The van der Waals surface area contributed by atoms with Gasteiger partial charge in [0.15, 0.2) is 5.82 Å². The number of aryl methyl sites for hydroxylation is 1. The van der Waals surface area contributed by atoms with Gasteiger partial charge in [0.05, 0.1) is 24.7 Å². The van der Waals surface area contributed by atoms with Crippen molar-refractivity contribution in [1.82, 2.24) is 20.2 Å². The molecule has 0 amide bonds. The van der Waals surface area contributed by atoms with Gasteiger partial charge in [0, 0.05) is 62.4 Å². The maximum Gasteiger partial charge on any atom is 0.229 e. The number of methoxy groups -OCH3 is 1. The van der Waals surface area contributed by atoms with E-state index in [1.807, 2.05) is 24.3 Å². The summed E-state index contributed by atoms with van der Waals surface area (Å²) < 4.78 is 18.7. The summed E-state index contributed by atoms with van der Waals surface area (Å²) in [7, 11) is -0.818.